The molecule has 2 aliphatic carbocycles. The summed E-state index contributed by atoms with van der Waals surface area (Å²) in [5.41, 5.74) is 0.871. The summed E-state index contributed by atoms with van der Waals surface area (Å²) in [6, 6.07) is 0.292. The summed E-state index contributed by atoms with van der Waals surface area (Å²) in [6.45, 7) is 5.56. The van der Waals surface area contributed by atoms with Gasteiger partial charge in [0, 0.05) is 37.3 Å². The number of carbonyl (C=O) groups excluding carboxylic acids is 1. The van der Waals surface area contributed by atoms with Crippen LogP contribution >= 0.6 is 11.3 Å². The second kappa shape index (κ2) is 6.39. The summed E-state index contributed by atoms with van der Waals surface area (Å²) in [7, 11) is 1.69. The number of nitrogens with one attached hydrogen (secondary N) is 1. The fraction of sp³-hybridized carbons (Fsp3) is 0.778. The van der Waals surface area contributed by atoms with Crippen molar-refractivity contribution in [2.24, 2.45) is 17.3 Å². The molecule has 3 fully saturated rings. The minimum absolute atomic E-state index is 0.215. The molecule has 6 heteroatoms. The van der Waals surface area contributed by atoms with Crippen LogP contribution in [0.2, 0.25) is 0 Å². The van der Waals surface area contributed by atoms with E-state index >= 15 is 0 Å². The molecule has 1 aliphatic heterocycles. The molecule has 2 heterocycles. The smallest absolute Gasteiger partial charge is 0.228 e. The van der Waals surface area contributed by atoms with Crippen molar-refractivity contribution in [3.05, 3.63) is 16.1 Å². The van der Waals surface area contributed by atoms with Crippen LogP contribution in [0.4, 0.5) is 0 Å². The summed E-state index contributed by atoms with van der Waals surface area (Å²) in [4.78, 5) is 19.8. The highest BCUT2D eigenvalue weighted by Crippen LogP contribution is 2.47. The van der Waals surface area contributed by atoms with E-state index in [2.05, 4.69) is 20.6 Å². The van der Waals surface area contributed by atoms with E-state index in [0.717, 1.165) is 44.1 Å². The molecule has 1 aromatic rings. The molecule has 24 heavy (non-hydrogen) atoms. The highest BCUT2D eigenvalue weighted by atomic mass is 32.1. The van der Waals surface area contributed by atoms with Gasteiger partial charge in [-0.1, -0.05) is 0 Å². The van der Waals surface area contributed by atoms with Crippen LogP contribution in [0.25, 0.3) is 0 Å². The SMILES string of the molecule is COCC1(C(=O)N[C@H]2CN(Cc3nc(C)cs3)C[C@@H]2C2CC2)CC1. The minimum atomic E-state index is -0.233. The maximum absolute atomic E-state index is 12.7. The highest BCUT2D eigenvalue weighted by Gasteiger charge is 2.52. The molecule has 2 atom stereocenters. The molecular weight excluding hydrogens is 322 g/mol. The summed E-state index contributed by atoms with van der Waals surface area (Å²) in [6.07, 6.45) is 4.58. The van der Waals surface area contributed by atoms with Crippen LogP contribution in [-0.4, -0.2) is 48.6 Å². The van der Waals surface area contributed by atoms with Crippen molar-refractivity contribution < 1.29 is 9.53 Å². The third-order valence-electron chi connectivity index (χ3n) is 5.77. The van der Waals surface area contributed by atoms with Gasteiger partial charge in [0.1, 0.15) is 5.01 Å². The predicted molar refractivity (Wildman–Crippen MR) is 93.8 cm³/mol. The Morgan fingerprint density at radius 1 is 1.46 bits per heavy atom. The van der Waals surface area contributed by atoms with E-state index < -0.39 is 0 Å². The normalized spacial score (nSPS) is 28.9. The lowest BCUT2D eigenvalue weighted by Gasteiger charge is -2.23. The molecule has 0 unspecified atom stereocenters. The molecule has 4 rings (SSSR count). The molecule has 132 valence electrons. The number of rotatable bonds is 7. The number of methoxy groups -OCH3 is 1. The number of aromatic nitrogens is 1. The fourth-order valence-corrected chi connectivity index (χ4v) is 4.86. The van der Waals surface area contributed by atoms with Crippen LogP contribution in [0, 0.1) is 24.2 Å². The zero-order valence-corrected chi connectivity index (χ0v) is 15.4. The second-order valence-corrected chi connectivity index (χ2v) is 8.81. The number of thiazole rings is 1. The Hall–Kier alpha value is -0.980. The lowest BCUT2D eigenvalue weighted by molar-refractivity contribution is -0.129. The zero-order chi connectivity index (χ0) is 16.7. The van der Waals surface area contributed by atoms with Crippen molar-refractivity contribution in [3.8, 4) is 0 Å². The van der Waals surface area contributed by atoms with Gasteiger partial charge in [0.15, 0.2) is 0 Å². The molecule has 0 aromatic carbocycles. The molecule has 1 N–H and O–H groups in total. The lowest BCUT2D eigenvalue weighted by atomic mass is 9.97. The largest absolute Gasteiger partial charge is 0.384 e. The maximum atomic E-state index is 12.7. The number of nitrogens with zero attached hydrogens (tertiary/aromatic N) is 2. The van der Waals surface area contributed by atoms with Gasteiger partial charge >= 0.3 is 0 Å². The van der Waals surface area contributed by atoms with Gasteiger partial charge in [-0.25, -0.2) is 4.98 Å². The van der Waals surface area contributed by atoms with Crippen LogP contribution in [0.1, 0.15) is 36.4 Å². The van der Waals surface area contributed by atoms with Gasteiger partial charge in [-0.15, -0.1) is 11.3 Å². The molecule has 0 radical (unpaired) electrons. The van der Waals surface area contributed by atoms with E-state index in [0.29, 0.717) is 18.6 Å². The van der Waals surface area contributed by atoms with Gasteiger partial charge in [0.05, 0.1) is 18.6 Å². The van der Waals surface area contributed by atoms with Crippen molar-refractivity contribution in [2.75, 3.05) is 26.8 Å². The van der Waals surface area contributed by atoms with Gasteiger partial charge in [-0.05, 0) is 44.4 Å². The van der Waals surface area contributed by atoms with Crippen molar-refractivity contribution in [3.63, 3.8) is 0 Å². The van der Waals surface area contributed by atoms with E-state index in [1.54, 1.807) is 18.4 Å². The number of carbonyl (C=O) groups is 1. The van der Waals surface area contributed by atoms with Crippen molar-refractivity contribution in [1.29, 1.82) is 0 Å². The van der Waals surface area contributed by atoms with Crippen LogP contribution in [-0.2, 0) is 16.1 Å². The second-order valence-electron chi connectivity index (χ2n) is 7.87. The topological polar surface area (TPSA) is 54.5 Å². The highest BCUT2D eigenvalue weighted by molar-refractivity contribution is 7.09. The quantitative estimate of drug-likeness (QED) is 0.820. The summed E-state index contributed by atoms with van der Waals surface area (Å²) in [5, 5.41) is 6.68. The van der Waals surface area contributed by atoms with Crippen LogP contribution in [0.3, 0.4) is 0 Å². The number of aryl methyl sites for hydroxylation is 1. The summed E-state index contributed by atoms with van der Waals surface area (Å²) >= 11 is 1.74. The van der Waals surface area contributed by atoms with Crippen molar-refractivity contribution in [2.45, 2.75) is 45.2 Å². The number of likely N-dealkylation sites (tertiary alicyclic amines) is 1. The van der Waals surface area contributed by atoms with Gasteiger partial charge in [0.25, 0.3) is 0 Å². The van der Waals surface area contributed by atoms with Crippen molar-refractivity contribution in [1.82, 2.24) is 15.2 Å². The maximum Gasteiger partial charge on any atom is 0.228 e. The average molecular weight is 350 g/mol. The van der Waals surface area contributed by atoms with Crippen LogP contribution in [0.15, 0.2) is 5.38 Å². The molecule has 2 saturated carbocycles. The standard InChI is InChI=1S/C18H27N3O2S/c1-12-10-24-16(19-12)9-21-7-14(13-3-4-13)15(8-21)20-17(22)18(5-6-18)11-23-2/h10,13-15H,3-9,11H2,1-2H3,(H,20,22)/t14-,15+/m1/s1. The minimum Gasteiger partial charge on any atom is -0.384 e. The molecule has 1 saturated heterocycles. The molecular formula is C18H27N3O2S. The molecule has 5 nitrogen and oxygen atoms in total. The van der Waals surface area contributed by atoms with Crippen LogP contribution in [0.5, 0.6) is 0 Å². The van der Waals surface area contributed by atoms with Gasteiger partial charge in [-0.2, -0.15) is 0 Å². The Kier molecular flexibility index (Phi) is 4.39. The predicted octanol–water partition coefficient (Wildman–Crippen LogP) is 2.20. The Labute approximate surface area is 147 Å². The zero-order valence-electron chi connectivity index (χ0n) is 14.6. The van der Waals surface area contributed by atoms with E-state index in [1.165, 1.54) is 17.8 Å². The van der Waals surface area contributed by atoms with E-state index in [-0.39, 0.29) is 11.3 Å². The lowest BCUT2D eigenvalue weighted by Crippen LogP contribution is -2.45. The number of amides is 1. The molecule has 3 aliphatic rings. The van der Waals surface area contributed by atoms with E-state index in [1.807, 2.05) is 6.92 Å². The Balaban J connectivity index is 1.39. The van der Waals surface area contributed by atoms with Crippen LogP contribution < -0.4 is 5.32 Å². The van der Waals surface area contributed by atoms with Gasteiger partial charge in [-0.3, -0.25) is 9.69 Å². The van der Waals surface area contributed by atoms with Gasteiger partial charge < -0.3 is 10.1 Å². The number of hydrogen-bond acceptors (Lipinski definition) is 5. The van der Waals surface area contributed by atoms with E-state index in [9.17, 15) is 4.79 Å². The fourth-order valence-electron chi connectivity index (χ4n) is 4.05. The Bertz CT molecular complexity index is 609. The number of ether oxygens (including phenoxy) is 1. The summed E-state index contributed by atoms with van der Waals surface area (Å²) < 4.78 is 5.27. The third-order valence-corrected chi connectivity index (χ3v) is 6.72. The molecule has 0 bridgehead atoms. The first-order valence-electron chi connectivity index (χ1n) is 9.03. The monoisotopic (exact) mass is 349 g/mol. The van der Waals surface area contributed by atoms with Crippen molar-refractivity contribution >= 4 is 17.2 Å². The molecule has 1 amide bonds. The number of hydrogen-bond donors (Lipinski definition) is 1. The van der Waals surface area contributed by atoms with E-state index in [4.69, 9.17) is 4.74 Å². The first kappa shape index (κ1) is 16.5. The molecule has 0 spiro atoms. The average Bonchev–Trinajstić information content (AvgIpc) is 3.45. The first-order valence-corrected chi connectivity index (χ1v) is 9.91. The molecule has 1 aromatic heterocycles. The summed E-state index contributed by atoms with van der Waals surface area (Å²) in [5.74, 6) is 1.62. The Morgan fingerprint density at radius 2 is 2.25 bits per heavy atom. The third kappa shape index (κ3) is 3.37. The Morgan fingerprint density at radius 3 is 2.83 bits per heavy atom. The first-order chi connectivity index (χ1) is 11.6. The van der Waals surface area contributed by atoms with Gasteiger partial charge in [0.2, 0.25) is 5.91 Å².